The van der Waals surface area contributed by atoms with Crippen LogP contribution < -0.4 is 15.8 Å². The predicted molar refractivity (Wildman–Crippen MR) is 72.8 cm³/mol. The highest BCUT2D eigenvalue weighted by molar-refractivity contribution is 5.63. The van der Waals surface area contributed by atoms with Gasteiger partial charge in [-0.3, -0.25) is 0 Å². The van der Waals surface area contributed by atoms with Crippen molar-refractivity contribution in [1.82, 2.24) is 0 Å². The van der Waals surface area contributed by atoms with Gasteiger partial charge in [0.05, 0.1) is 12.8 Å². The molecule has 0 heterocycles. The fraction of sp³-hybridized carbons (Fsp3) is 0.143. The SMILES string of the molecule is COc1ccc(N)cc1NCc1cccc(O)c1. The molecule has 2 rings (SSSR count). The summed E-state index contributed by atoms with van der Waals surface area (Å²) >= 11 is 0. The number of nitrogens with two attached hydrogens (primary N) is 1. The number of hydrogen-bond donors (Lipinski definition) is 3. The Hall–Kier alpha value is -2.36. The van der Waals surface area contributed by atoms with Crippen LogP contribution in [0.4, 0.5) is 11.4 Å². The van der Waals surface area contributed by atoms with Crippen molar-refractivity contribution in [2.75, 3.05) is 18.2 Å². The largest absolute Gasteiger partial charge is 0.508 e. The number of phenolic OH excluding ortho intramolecular Hbond substituents is 1. The molecular weight excluding hydrogens is 228 g/mol. The molecule has 0 aromatic heterocycles. The molecule has 18 heavy (non-hydrogen) atoms. The molecule has 0 atom stereocenters. The van der Waals surface area contributed by atoms with Crippen LogP contribution in [-0.2, 0) is 6.54 Å². The maximum atomic E-state index is 9.38. The van der Waals surface area contributed by atoms with Gasteiger partial charge in [0, 0.05) is 12.2 Å². The maximum Gasteiger partial charge on any atom is 0.142 e. The minimum atomic E-state index is 0.258. The molecule has 0 aliphatic rings. The Morgan fingerprint density at radius 3 is 2.78 bits per heavy atom. The molecule has 0 bridgehead atoms. The fourth-order valence-corrected chi connectivity index (χ4v) is 1.73. The van der Waals surface area contributed by atoms with Crippen molar-refractivity contribution in [2.45, 2.75) is 6.54 Å². The van der Waals surface area contributed by atoms with E-state index in [1.54, 1.807) is 25.3 Å². The van der Waals surface area contributed by atoms with Crippen LogP contribution in [0, 0.1) is 0 Å². The Kier molecular flexibility index (Phi) is 3.57. The molecule has 0 spiro atoms. The van der Waals surface area contributed by atoms with Gasteiger partial charge in [0.1, 0.15) is 11.5 Å². The van der Waals surface area contributed by atoms with E-state index in [1.807, 2.05) is 24.3 Å². The molecule has 0 saturated carbocycles. The van der Waals surface area contributed by atoms with Crippen LogP contribution in [0.15, 0.2) is 42.5 Å². The number of nitrogens with one attached hydrogen (secondary N) is 1. The highest BCUT2D eigenvalue weighted by Gasteiger charge is 2.03. The molecule has 0 fully saturated rings. The lowest BCUT2D eigenvalue weighted by Gasteiger charge is -2.12. The van der Waals surface area contributed by atoms with Gasteiger partial charge in [0.2, 0.25) is 0 Å². The standard InChI is InChI=1S/C14H16N2O2/c1-18-14-6-5-11(15)8-13(14)16-9-10-3-2-4-12(17)7-10/h2-8,16-17H,9,15H2,1H3. The molecule has 0 aliphatic heterocycles. The van der Waals surface area contributed by atoms with Gasteiger partial charge in [-0.25, -0.2) is 0 Å². The minimum absolute atomic E-state index is 0.258. The normalized spacial score (nSPS) is 10.1. The first-order chi connectivity index (χ1) is 8.69. The van der Waals surface area contributed by atoms with Crippen LogP contribution in [0.25, 0.3) is 0 Å². The quantitative estimate of drug-likeness (QED) is 0.723. The van der Waals surface area contributed by atoms with Gasteiger partial charge in [-0.2, -0.15) is 0 Å². The van der Waals surface area contributed by atoms with E-state index in [1.165, 1.54) is 0 Å². The zero-order chi connectivity index (χ0) is 13.0. The van der Waals surface area contributed by atoms with Crippen molar-refractivity contribution in [3.05, 3.63) is 48.0 Å². The van der Waals surface area contributed by atoms with Crippen molar-refractivity contribution in [2.24, 2.45) is 0 Å². The first-order valence-corrected chi connectivity index (χ1v) is 5.64. The fourth-order valence-electron chi connectivity index (χ4n) is 1.73. The van der Waals surface area contributed by atoms with Gasteiger partial charge in [-0.1, -0.05) is 12.1 Å². The zero-order valence-electron chi connectivity index (χ0n) is 10.2. The summed E-state index contributed by atoms with van der Waals surface area (Å²) in [6.45, 7) is 0.591. The van der Waals surface area contributed by atoms with E-state index < -0.39 is 0 Å². The molecule has 2 aromatic carbocycles. The van der Waals surface area contributed by atoms with Gasteiger partial charge in [0.25, 0.3) is 0 Å². The molecule has 0 radical (unpaired) electrons. The molecule has 0 aliphatic carbocycles. The summed E-state index contributed by atoms with van der Waals surface area (Å²) in [5, 5.41) is 12.6. The minimum Gasteiger partial charge on any atom is -0.508 e. The topological polar surface area (TPSA) is 67.5 Å². The van der Waals surface area contributed by atoms with Gasteiger partial charge in [-0.15, -0.1) is 0 Å². The highest BCUT2D eigenvalue weighted by atomic mass is 16.5. The van der Waals surface area contributed by atoms with E-state index in [0.29, 0.717) is 12.2 Å². The van der Waals surface area contributed by atoms with Crippen LogP contribution in [0.5, 0.6) is 11.5 Å². The monoisotopic (exact) mass is 244 g/mol. The third kappa shape index (κ3) is 2.85. The van der Waals surface area contributed by atoms with Crippen LogP contribution in [-0.4, -0.2) is 12.2 Å². The third-order valence-corrected chi connectivity index (χ3v) is 2.62. The smallest absolute Gasteiger partial charge is 0.142 e. The number of nitrogen functional groups attached to an aromatic ring is 1. The van der Waals surface area contributed by atoms with Gasteiger partial charge in [0.15, 0.2) is 0 Å². The average molecular weight is 244 g/mol. The number of hydrogen-bond acceptors (Lipinski definition) is 4. The summed E-state index contributed by atoms with van der Waals surface area (Å²) in [5.74, 6) is 0.998. The first-order valence-electron chi connectivity index (χ1n) is 5.64. The van der Waals surface area contributed by atoms with Crippen LogP contribution in [0.2, 0.25) is 0 Å². The van der Waals surface area contributed by atoms with Crippen molar-refractivity contribution in [3.63, 3.8) is 0 Å². The number of rotatable bonds is 4. The summed E-state index contributed by atoms with van der Waals surface area (Å²) < 4.78 is 5.25. The van der Waals surface area contributed by atoms with Crippen molar-refractivity contribution in [3.8, 4) is 11.5 Å². The second-order valence-corrected chi connectivity index (χ2v) is 3.98. The van der Waals surface area contributed by atoms with Crippen LogP contribution in [0.3, 0.4) is 0 Å². The number of ether oxygens (including phenoxy) is 1. The highest BCUT2D eigenvalue weighted by Crippen LogP contribution is 2.27. The molecule has 0 unspecified atom stereocenters. The van der Waals surface area contributed by atoms with E-state index >= 15 is 0 Å². The molecular formula is C14H16N2O2. The summed E-state index contributed by atoms with van der Waals surface area (Å²) in [6, 6.07) is 12.5. The molecule has 0 amide bonds. The average Bonchev–Trinajstić information content (AvgIpc) is 2.37. The zero-order valence-corrected chi connectivity index (χ0v) is 10.2. The van der Waals surface area contributed by atoms with Crippen LogP contribution >= 0.6 is 0 Å². The Bertz CT molecular complexity index is 541. The Morgan fingerprint density at radius 1 is 1.22 bits per heavy atom. The summed E-state index contributed by atoms with van der Waals surface area (Å²) in [6.07, 6.45) is 0. The van der Waals surface area contributed by atoms with E-state index in [4.69, 9.17) is 10.5 Å². The number of phenols is 1. The first kappa shape index (κ1) is 12.1. The van der Waals surface area contributed by atoms with Crippen molar-refractivity contribution in [1.29, 1.82) is 0 Å². The number of anilines is 2. The van der Waals surface area contributed by atoms with Gasteiger partial charge in [-0.05, 0) is 35.9 Å². The van der Waals surface area contributed by atoms with Crippen LogP contribution in [0.1, 0.15) is 5.56 Å². The van der Waals surface area contributed by atoms with E-state index in [-0.39, 0.29) is 5.75 Å². The lowest BCUT2D eigenvalue weighted by Crippen LogP contribution is -2.02. The lowest BCUT2D eigenvalue weighted by molar-refractivity contribution is 0.416. The van der Waals surface area contributed by atoms with Crippen molar-refractivity contribution >= 4 is 11.4 Å². The number of benzene rings is 2. The molecule has 4 N–H and O–H groups in total. The van der Waals surface area contributed by atoms with Gasteiger partial charge >= 0.3 is 0 Å². The summed E-state index contributed by atoms with van der Waals surface area (Å²) in [5.41, 5.74) is 8.23. The molecule has 4 nitrogen and oxygen atoms in total. The number of aromatic hydroxyl groups is 1. The summed E-state index contributed by atoms with van der Waals surface area (Å²) in [4.78, 5) is 0. The van der Waals surface area contributed by atoms with E-state index in [9.17, 15) is 5.11 Å². The Morgan fingerprint density at radius 2 is 2.06 bits per heavy atom. The molecule has 94 valence electrons. The molecule has 0 saturated heterocycles. The van der Waals surface area contributed by atoms with E-state index in [2.05, 4.69) is 5.32 Å². The molecule has 4 heteroatoms. The lowest BCUT2D eigenvalue weighted by atomic mass is 10.2. The third-order valence-electron chi connectivity index (χ3n) is 2.62. The van der Waals surface area contributed by atoms with Crippen molar-refractivity contribution < 1.29 is 9.84 Å². The van der Waals surface area contributed by atoms with Gasteiger partial charge < -0.3 is 20.9 Å². The van der Waals surface area contributed by atoms with E-state index in [0.717, 1.165) is 17.0 Å². The second-order valence-electron chi connectivity index (χ2n) is 3.98. The predicted octanol–water partition coefficient (Wildman–Crippen LogP) is 2.60. The number of methoxy groups -OCH3 is 1. The summed E-state index contributed by atoms with van der Waals surface area (Å²) in [7, 11) is 1.62. The Labute approximate surface area is 106 Å². The Balaban J connectivity index is 2.12. The second kappa shape index (κ2) is 5.31. The maximum absolute atomic E-state index is 9.38. The molecule has 2 aromatic rings.